The van der Waals surface area contributed by atoms with E-state index in [2.05, 4.69) is 0 Å². The molecule has 0 saturated heterocycles. The van der Waals surface area contributed by atoms with Gasteiger partial charge in [0.25, 0.3) is 5.56 Å². The van der Waals surface area contributed by atoms with Gasteiger partial charge in [-0.25, -0.2) is 4.39 Å². The zero-order valence-electron chi connectivity index (χ0n) is 10.8. The van der Waals surface area contributed by atoms with Crippen molar-refractivity contribution < 1.29 is 9.23 Å². The molecule has 3 rings (SSSR count). The molecule has 0 unspecified atom stereocenters. The van der Waals surface area contributed by atoms with Crippen LogP contribution in [0.3, 0.4) is 0 Å². The lowest BCUT2D eigenvalue weighted by Gasteiger charge is -2.11. The minimum absolute atomic E-state index is 0.299. The van der Waals surface area contributed by atoms with E-state index in [4.69, 9.17) is 4.84 Å². The zero-order chi connectivity index (χ0) is 14.1. The van der Waals surface area contributed by atoms with Crippen LogP contribution in [-0.2, 0) is 0 Å². The average Bonchev–Trinajstić information content (AvgIpc) is 2.49. The summed E-state index contributed by atoms with van der Waals surface area (Å²) >= 11 is 0. The van der Waals surface area contributed by atoms with E-state index in [1.54, 1.807) is 6.07 Å². The Hall–Kier alpha value is -2.62. The Morgan fingerprint density at radius 2 is 1.80 bits per heavy atom. The molecule has 0 spiro atoms. The predicted molar refractivity (Wildman–Crippen MR) is 76.1 cm³/mol. The number of pyridine rings is 1. The molecule has 0 saturated carbocycles. The average molecular weight is 269 g/mol. The minimum Gasteiger partial charge on any atom is -0.414 e. The van der Waals surface area contributed by atoms with Crippen molar-refractivity contribution in [3.63, 3.8) is 0 Å². The molecule has 0 aliphatic rings. The first-order chi connectivity index (χ1) is 9.72. The van der Waals surface area contributed by atoms with Crippen LogP contribution < -0.4 is 10.4 Å². The van der Waals surface area contributed by atoms with E-state index in [9.17, 15) is 9.18 Å². The molecule has 3 aromatic rings. The molecule has 100 valence electrons. The highest BCUT2D eigenvalue weighted by Gasteiger charge is 2.13. The molecular weight excluding hydrogens is 257 g/mol. The maximum atomic E-state index is 14.2. The van der Waals surface area contributed by atoms with E-state index < -0.39 is 5.82 Å². The van der Waals surface area contributed by atoms with Gasteiger partial charge in [-0.05, 0) is 17.7 Å². The fourth-order valence-corrected chi connectivity index (χ4v) is 2.31. The van der Waals surface area contributed by atoms with Crippen LogP contribution in [0.5, 0.6) is 0 Å². The second-order valence-electron chi connectivity index (χ2n) is 4.38. The van der Waals surface area contributed by atoms with Crippen molar-refractivity contribution in [2.24, 2.45) is 0 Å². The second-order valence-corrected chi connectivity index (χ2v) is 4.38. The first-order valence-electron chi connectivity index (χ1n) is 6.16. The van der Waals surface area contributed by atoms with Gasteiger partial charge in [0.1, 0.15) is 12.9 Å². The highest BCUT2D eigenvalue weighted by Crippen LogP contribution is 2.28. The van der Waals surface area contributed by atoms with Gasteiger partial charge in [0.15, 0.2) is 0 Å². The number of fused-ring (bicyclic) bond motifs is 1. The summed E-state index contributed by atoms with van der Waals surface area (Å²) in [6, 6.07) is 13.8. The number of benzene rings is 2. The molecule has 2 aromatic carbocycles. The van der Waals surface area contributed by atoms with Gasteiger partial charge in [-0.15, -0.1) is 0 Å². The van der Waals surface area contributed by atoms with Gasteiger partial charge in [-0.2, -0.15) is 4.73 Å². The quantitative estimate of drug-likeness (QED) is 0.716. The van der Waals surface area contributed by atoms with E-state index in [-0.39, 0.29) is 5.56 Å². The van der Waals surface area contributed by atoms with Gasteiger partial charge in [0.2, 0.25) is 0 Å². The van der Waals surface area contributed by atoms with Gasteiger partial charge in [-0.1, -0.05) is 36.4 Å². The fraction of sp³-hybridized carbons (Fsp3) is 0.0625. The van der Waals surface area contributed by atoms with Crippen molar-refractivity contribution in [1.82, 2.24) is 4.73 Å². The van der Waals surface area contributed by atoms with Crippen LogP contribution in [0.25, 0.3) is 21.9 Å². The molecule has 0 bridgehead atoms. The van der Waals surface area contributed by atoms with Crippen molar-refractivity contribution in [3.05, 3.63) is 70.9 Å². The lowest BCUT2D eigenvalue weighted by Crippen LogP contribution is -2.24. The molecule has 0 aliphatic carbocycles. The number of rotatable bonds is 2. The maximum absolute atomic E-state index is 14.2. The van der Waals surface area contributed by atoms with E-state index in [1.807, 2.05) is 30.3 Å². The topological polar surface area (TPSA) is 31.2 Å². The molecule has 0 atom stereocenters. The molecule has 0 radical (unpaired) electrons. The highest BCUT2D eigenvalue weighted by atomic mass is 19.1. The molecule has 0 fully saturated rings. The Morgan fingerprint density at radius 3 is 2.50 bits per heavy atom. The third-order valence-corrected chi connectivity index (χ3v) is 3.24. The number of aromatic nitrogens is 1. The Kier molecular flexibility index (Phi) is 2.99. The fourth-order valence-electron chi connectivity index (χ4n) is 2.31. The Morgan fingerprint density at radius 1 is 1.05 bits per heavy atom. The third-order valence-electron chi connectivity index (χ3n) is 3.24. The van der Waals surface area contributed by atoms with Gasteiger partial charge in [0, 0.05) is 10.9 Å². The summed E-state index contributed by atoms with van der Waals surface area (Å²) in [5.41, 5.74) is 1.08. The summed E-state index contributed by atoms with van der Waals surface area (Å²) in [6.07, 6.45) is 1.52. The zero-order valence-corrected chi connectivity index (χ0v) is 10.8. The highest BCUT2D eigenvalue weighted by molar-refractivity contribution is 5.96. The van der Waals surface area contributed by atoms with E-state index in [1.165, 1.54) is 25.4 Å². The molecule has 1 aromatic heterocycles. The van der Waals surface area contributed by atoms with Crippen LogP contribution in [0.15, 0.2) is 59.5 Å². The SMILES string of the molecule is COn1cc(-c2ccccc2)c2c(F)cccc2c1=O. The van der Waals surface area contributed by atoms with Gasteiger partial charge >= 0.3 is 0 Å². The molecule has 4 heteroatoms. The van der Waals surface area contributed by atoms with Crippen LogP contribution >= 0.6 is 0 Å². The molecule has 0 aliphatic heterocycles. The maximum Gasteiger partial charge on any atom is 0.290 e. The van der Waals surface area contributed by atoms with Gasteiger partial charge in [0.05, 0.1) is 11.6 Å². The normalized spacial score (nSPS) is 10.7. The Labute approximate surface area is 114 Å². The third kappa shape index (κ3) is 1.86. The van der Waals surface area contributed by atoms with Gasteiger partial charge in [-0.3, -0.25) is 4.79 Å². The summed E-state index contributed by atoms with van der Waals surface area (Å²) in [5, 5.41) is 0.616. The van der Waals surface area contributed by atoms with Crippen molar-refractivity contribution in [2.45, 2.75) is 0 Å². The van der Waals surface area contributed by atoms with Crippen LogP contribution in [0.1, 0.15) is 0 Å². The predicted octanol–water partition coefficient (Wildman–Crippen LogP) is 2.87. The van der Waals surface area contributed by atoms with E-state index in [0.29, 0.717) is 16.3 Å². The smallest absolute Gasteiger partial charge is 0.290 e. The summed E-state index contributed by atoms with van der Waals surface area (Å²) in [4.78, 5) is 17.2. The number of hydrogen-bond acceptors (Lipinski definition) is 2. The lowest BCUT2D eigenvalue weighted by atomic mass is 10.0. The Balaban J connectivity index is 2.48. The standard InChI is InChI=1S/C16H12FNO2/c1-20-18-10-13(11-6-3-2-4-7-11)15-12(16(18)19)8-5-9-14(15)17/h2-10H,1H3. The van der Waals surface area contributed by atoms with E-state index in [0.717, 1.165) is 10.3 Å². The summed E-state index contributed by atoms with van der Waals surface area (Å²) in [7, 11) is 1.40. The van der Waals surface area contributed by atoms with Crippen molar-refractivity contribution in [1.29, 1.82) is 0 Å². The lowest BCUT2D eigenvalue weighted by molar-refractivity contribution is 0.159. The van der Waals surface area contributed by atoms with Crippen LogP contribution in [0.4, 0.5) is 4.39 Å². The van der Waals surface area contributed by atoms with Crippen molar-refractivity contribution in [2.75, 3.05) is 7.11 Å². The van der Waals surface area contributed by atoms with Crippen molar-refractivity contribution in [3.8, 4) is 11.1 Å². The van der Waals surface area contributed by atoms with Crippen LogP contribution in [-0.4, -0.2) is 11.8 Å². The van der Waals surface area contributed by atoms with Gasteiger partial charge < -0.3 is 4.84 Å². The Bertz CT molecular complexity index is 825. The van der Waals surface area contributed by atoms with Crippen LogP contribution in [0, 0.1) is 5.82 Å². The molecule has 1 heterocycles. The van der Waals surface area contributed by atoms with Crippen LogP contribution in [0.2, 0.25) is 0 Å². The monoisotopic (exact) mass is 269 g/mol. The summed E-state index contributed by atoms with van der Waals surface area (Å²) < 4.78 is 15.3. The van der Waals surface area contributed by atoms with E-state index >= 15 is 0 Å². The first kappa shape index (κ1) is 12.4. The number of halogens is 1. The number of hydrogen-bond donors (Lipinski definition) is 0. The first-order valence-corrected chi connectivity index (χ1v) is 6.16. The number of nitrogens with zero attached hydrogens (tertiary/aromatic N) is 1. The largest absolute Gasteiger partial charge is 0.414 e. The molecule has 20 heavy (non-hydrogen) atoms. The summed E-state index contributed by atoms with van der Waals surface area (Å²) in [5.74, 6) is -0.415. The molecule has 0 amide bonds. The molecule has 3 nitrogen and oxygen atoms in total. The minimum atomic E-state index is -0.415. The second kappa shape index (κ2) is 4.81. The molecule has 0 N–H and O–H groups in total. The molecular formula is C16H12FNO2. The van der Waals surface area contributed by atoms with Crippen molar-refractivity contribution >= 4 is 10.8 Å². The summed E-state index contributed by atoms with van der Waals surface area (Å²) in [6.45, 7) is 0.